The molecule has 1 aromatic carbocycles. The summed E-state index contributed by atoms with van der Waals surface area (Å²) in [5.74, 6) is 0.662. The first kappa shape index (κ1) is 16.4. The number of ether oxygens (including phenoxy) is 1. The quantitative estimate of drug-likeness (QED) is 0.809. The molecule has 2 nitrogen and oxygen atoms in total. The molecule has 2 rings (SSSR count). The summed E-state index contributed by atoms with van der Waals surface area (Å²) in [5.41, 5.74) is 0.537. The molecule has 1 aliphatic carbocycles. The Morgan fingerprint density at radius 1 is 1.24 bits per heavy atom. The normalized spacial score (nSPS) is 26.0. The summed E-state index contributed by atoms with van der Waals surface area (Å²) in [6, 6.07) is 6.91. The van der Waals surface area contributed by atoms with Crippen molar-refractivity contribution in [3.63, 3.8) is 0 Å². The fourth-order valence-corrected chi connectivity index (χ4v) is 3.18. The third kappa shape index (κ3) is 4.52. The summed E-state index contributed by atoms with van der Waals surface area (Å²) in [7, 11) is 0. The van der Waals surface area contributed by atoms with Gasteiger partial charge in [0.2, 0.25) is 0 Å². The first-order valence-electron chi connectivity index (χ1n) is 8.27. The lowest BCUT2D eigenvalue weighted by atomic mass is 9.77. The standard InChI is InChI=1S/C18H28FNO/c1-3-15-9-11-18(12-10-15,14-20-4-2)21-13-16-7-5-6-8-17(16)19/h5-8,15,20H,3-4,9-14H2,1-2H3. The molecule has 21 heavy (non-hydrogen) atoms. The monoisotopic (exact) mass is 293 g/mol. The van der Waals surface area contributed by atoms with E-state index < -0.39 is 0 Å². The third-order valence-electron chi connectivity index (χ3n) is 4.78. The molecule has 1 saturated carbocycles. The summed E-state index contributed by atoms with van der Waals surface area (Å²) in [6.45, 7) is 6.57. The summed E-state index contributed by atoms with van der Waals surface area (Å²) in [5, 5.41) is 3.42. The zero-order chi connectivity index (χ0) is 15.1. The number of likely N-dealkylation sites (N-methyl/N-ethyl adjacent to an activating group) is 1. The van der Waals surface area contributed by atoms with Gasteiger partial charge in [-0.25, -0.2) is 4.39 Å². The molecule has 0 heterocycles. The van der Waals surface area contributed by atoms with E-state index in [2.05, 4.69) is 19.2 Å². The van der Waals surface area contributed by atoms with Crippen molar-refractivity contribution in [2.24, 2.45) is 5.92 Å². The summed E-state index contributed by atoms with van der Waals surface area (Å²) >= 11 is 0. The number of nitrogens with one attached hydrogen (secondary N) is 1. The van der Waals surface area contributed by atoms with Gasteiger partial charge in [-0.3, -0.25) is 0 Å². The third-order valence-corrected chi connectivity index (χ3v) is 4.78. The average Bonchev–Trinajstić information content (AvgIpc) is 2.53. The Morgan fingerprint density at radius 2 is 1.95 bits per heavy atom. The summed E-state index contributed by atoms with van der Waals surface area (Å²) < 4.78 is 20.0. The topological polar surface area (TPSA) is 21.3 Å². The second kappa shape index (κ2) is 7.90. The van der Waals surface area contributed by atoms with Crippen LogP contribution in [0, 0.1) is 11.7 Å². The van der Waals surface area contributed by atoms with Crippen molar-refractivity contribution < 1.29 is 9.13 Å². The Hall–Kier alpha value is -0.930. The van der Waals surface area contributed by atoms with Crippen molar-refractivity contribution in [2.75, 3.05) is 13.1 Å². The fraction of sp³-hybridized carbons (Fsp3) is 0.667. The van der Waals surface area contributed by atoms with Gasteiger partial charge in [0.05, 0.1) is 12.2 Å². The van der Waals surface area contributed by atoms with E-state index in [1.807, 2.05) is 12.1 Å². The molecule has 0 spiro atoms. The van der Waals surface area contributed by atoms with Gasteiger partial charge in [0, 0.05) is 12.1 Å². The number of halogens is 1. The van der Waals surface area contributed by atoms with Gasteiger partial charge in [0.1, 0.15) is 5.82 Å². The van der Waals surface area contributed by atoms with Gasteiger partial charge in [-0.05, 0) is 44.2 Å². The van der Waals surface area contributed by atoms with E-state index in [1.165, 1.54) is 25.3 Å². The number of benzene rings is 1. The Kier molecular flexibility index (Phi) is 6.19. The van der Waals surface area contributed by atoms with Crippen molar-refractivity contribution in [1.29, 1.82) is 0 Å². The van der Waals surface area contributed by atoms with Crippen molar-refractivity contribution in [3.05, 3.63) is 35.6 Å². The van der Waals surface area contributed by atoms with Gasteiger partial charge in [-0.2, -0.15) is 0 Å². The van der Waals surface area contributed by atoms with Crippen LogP contribution in [-0.4, -0.2) is 18.7 Å². The summed E-state index contributed by atoms with van der Waals surface area (Å²) in [4.78, 5) is 0. The van der Waals surface area contributed by atoms with E-state index in [1.54, 1.807) is 6.07 Å². The molecule has 1 aromatic rings. The number of hydrogen-bond donors (Lipinski definition) is 1. The van der Waals surface area contributed by atoms with Crippen molar-refractivity contribution in [1.82, 2.24) is 5.32 Å². The van der Waals surface area contributed by atoms with Crippen LogP contribution >= 0.6 is 0 Å². The van der Waals surface area contributed by atoms with E-state index in [4.69, 9.17) is 4.74 Å². The molecule has 1 fully saturated rings. The van der Waals surface area contributed by atoms with Gasteiger partial charge in [-0.15, -0.1) is 0 Å². The smallest absolute Gasteiger partial charge is 0.128 e. The highest BCUT2D eigenvalue weighted by atomic mass is 19.1. The predicted molar refractivity (Wildman–Crippen MR) is 84.7 cm³/mol. The van der Waals surface area contributed by atoms with Gasteiger partial charge in [0.15, 0.2) is 0 Å². The van der Waals surface area contributed by atoms with Crippen LogP contribution in [0.5, 0.6) is 0 Å². The van der Waals surface area contributed by atoms with E-state index in [-0.39, 0.29) is 11.4 Å². The minimum Gasteiger partial charge on any atom is -0.369 e. The molecule has 0 amide bonds. The predicted octanol–water partition coefficient (Wildman–Crippen LogP) is 4.29. The molecular weight excluding hydrogens is 265 g/mol. The van der Waals surface area contributed by atoms with Crippen LogP contribution < -0.4 is 5.32 Å². The molecule has 0 aromatic heterocycles. The Bertz CT molecular complexity index is 427. The Morgan fingerprint density at radius 3 is 2.57 bits per heavy atom. The second-order valence-corrected chi connectivity index (χ2v) is 6.20. The fourth-order valence-electron chi connectivity index (χ4n) is 3.18. The summed E-state index contributed by atoms with van der Waals surface area (Å²) in [6.07, 6.45) is 5.85. The van der Waals surface area contributed by atoms with E-state index in [9.17, 15) is 4.39 Å². The molecule has 3 heteroatoms. The van der Waals surface area contributed by atoms with Crippen LogP contribution in [0.3, 0.4) is 0 Å². The molecule has 0 atom stereocenters. The molecule has 0 aliphatic heterocycles. The maximum atomic E-state index is 13.7. The lowest BCUT2D eigenvalue weighted by Gasteiger charge is -2.40. The molecule has 0 bridgehead atoms. The van der Waals surface area contributed by atoms with Crippen LogP contribution in [0.25, 0.3) is 0 Å². The molecular formula is C18H28FNO. The highest BCUT2D eigenvalue weighted by molar-refractivity contribution is 5.16. The maximum Gasteiger partial charge on any atom is 0.128 e. The van der Waals surface area contributed by atoms with E-state index >= 15 is 0 Å². The van der Waals surface area contributed by atoms with Crippen LogP contribution in [0.4, 0.5) is 4.39 Å². The molecule has 0 unspecified atom stereocenters. The molecule has 0 saturated heterocycles. The Labute approximate surface area is 128 Å². The largest absolute Gasteiger partial charge is 0.369 e. The number of rotatable bonds is 7. The minimum atomic E-state index is -0.168. The minimum absolute atomic E-state index is 0.121. The van der Waals surface area contributed by atoms with Gasteiger partial charge in [0.25, 0.3) is 0 Å². The first-order chi connectivity index (χ1) is 10.2. The van der Waals surface area contributed by atoms with Gasteiger partial charge >= 0.3 is 0 Å². The van der Waals surface area contributed by atoms with Crippen LogP contribution in [-0.2, 0) is 11.3 Å². The van der Waals surface area contributed by atoms with Gasteiger partial charge in [-0.1, -0.05) is 38.5 Å². The van der Waals surface area contributed by atoms with Crippen molar-refractivity contribution in [2.45, 2.75) is 58.2 Å². The van der Waals surface area contributed by atoms with E-state index in [0.717, 1.165) is 31.8 Å². The van der Waals surface area contributed by atoms with Gasteiger partial charge < -0.3 is 10.1 Å². The van der Waals surface area contributed by atoms with Crippen LogP contribution in [0.15, 0.2) is 24.3 Å². The second-order valence-electron chi connectivity index (χ2n) is 6.20. The first-order valence-corrected chi connectivity index (χ1v) is 8.27. The van der Waals surface area contributed by atoms with E-state index in [0.29, 0.717) is 12.2 Å². The molecule has 118 valence electrons. The molecule has 1 N–H and O–H groups in total. The Balaban J connectivity index is 1.98. The average molecular weight is 293 g/mol. The van der Waals surface area contributed by atoms with Crippen molar-refractivity contribution in [3.8, 4) is 0 Å². The van der Waals surface area contributed by atoms with Crippen molar-refractivity contribution >= 4 is 0 Å². The zero-order valence-electron chi connectivity index (χ0n) is 13.3. The maximum absolute atomic E-state index is 13.7. The SMILES string of the molecule is CCNCC1(OCc2ccccc2F)CCC(CC)CC1. The highest BCUT2D eigenvalue weighted by Gasteiger charge is 2.35. The van der Waals surface area contributed by atoms with Crippen LogP contribution in [0.2, 0.25) is 0 Å². The number of hydrogen-bond acceptors (Lipinski definition) is 2. The molecule has 1 aliphatic rings. The van der Waals surface area contributed by atoms with Crippen LogP contribution in [0.1, 0.15) is 51.5 Å². The lowest BCUT2D eigenvalue weighted by Crippen LogP contribution is -2.45. The highest BCUT2D eigenvalue weighted by Crippen LogP contribution is 2.36. The zero-order valence-corrected chi connectivity index (χ0v) is 13.3. The molecule has 0 radical (unpaired) electrons. The lowest BCUT2D eigenvalue weighted by molar-refractivity contribution is -0.0867.